The van der Waals surface area contributed by atoms with E-state index < -0.39 is 15.9 Å². The van der Waals surface area contributed by atoms with Gasteiger partial charge in [0.05, 0.1) is 11.0 Å². The summed E-state index contributed by atoms with van der Waals surface area (Å²) >= 11 is 0. The maximum Gasteiger partial charge on any atom is 0.175 e. The Labute approximate surface area is 102 Å². The molecule has 1 rings (SSSR count). The highest BCUT2D eigenvalue weighted by Gasteiger charge is 2.10. The van der Waals surface area contributed by atoms with Gasteiger partial charge in [0.1, 0.15) is 0 Å². The number of hydrogen-bond acceptors (Lipinski definition) is 4. The fraction of sp³-hybridized carbons (Fsp3) is 0.500. The van der Waals surface area contributed by atoms with E-state index in [-0.39, 0.29) is 4.90 Å². The van der Waals surface area contributed by atoms with Crippen LogP contribution in [0.1, 0.15) is 24.5 Å². The molecule has 4 nitrogen and oxygen atoms in total. The molecule has 1 aromatic carbocycles. The number of methoxy groups -OCH3 is 1. The van der Waals surface area contributed by atoms with Crippen molar-refractivity contribution in [1.82, 2.24) is 0 Å². The first-order chi connectivity index (χ1) is 7.95. The van der Waals surface area contributed by atoms with Crippen LogP contribution in [0.15, 0.2) is 29.2 Å². The van der Waals surface area contributed by atoms with Gasteiger partial charge in [0.25, 0.3) is 0 Å². The van der Waals surface area contributed by atoms with Crippen LogP contribution < -0.4 is 0 Å². The predicted octanol–water partition coefficient (Wildman–Crippen LogP) is 1.55. The summed E-state index contributed by atoms with van der Waals surface area (Å²) < 4.78 is 27.4. The maximum absolute atomic E-state index is 11.2. The van der Waals surface area contributed by atoms with Crippen molar-refractivity contribution in [2.24, 2.45) is 0 Å². The number of rotatable bonds is 6. The zero-order valence-corrected chi connectivity index (χ0v) is 10.9. The zero-order valence-electron chi connectivity index (χ0n) is 10.1. The Kier molecular flexibility index (Phi) is 5.11. The van der Waals surface area contributed by atoms with E-state index in [4.69, 9.17) is 4.74 Å². The van der Waals surface area contributed by atoms with Gasteiger partial charge in [0, 0.05) is 20.0 Å². The molecule has 0 aliphatic rings. The van der Waals surface area contributed by atoms with Gasteiger partial charge in [-0.2, -0.15) is 0 Å². The molecule has 0 amide bonds. The second-order valence-electron chi connectivity index (χ2n) is 3.99. The lowest BCUT2D eigenvalue weighted by Gasteiger charge is -2.11. The van der Waals surface area contributed by atoms with Crippen LogP contribution in [0, 0.1) is 0 Å². The lowest BCUT2D eigenvalue weighted by Crippen LogP contribution is -2.01. The van der Waals surface area contributed by atoms with Crippen molar-refractivity contribution in [2.75, 3.05) is 20.0 Å². The van der Waals surface area contributed by atoms with E-state index >= 15 is 0 Å². The number of ether oxygens (including phenoxy) is 1. The van der Waals surface area contributed by atoms with E-state index in [9.17, 15) is 13.5 Å². The van der Waals surface area contributed by atoms with Crippen LogP contribution in [-0.2, 0) is 14.6 Å². The molecule has 0 bridgehead atoms. The SMILES string of the molecule is COCCCC(O)c1ccc(S(C)(=O)=O)cc1. The lowest BCUT2D eigenvalue weighted by atomic mass is 10.1. The monoisotopic (exact) mass is 258 g/mol. The van der Waals surface area contributed by atoms with Gasteiger partial charge in [-0.3, -0.25) is 0 Å². The fourth-order valence-electron chi connectivity index (χ4n) is 1.52. The van der Waals surface area contributed by atoms with Crippen LogP contribution >= 0.6 is 0 Å². The maximum atomic E-state index is 11.2. The van der Waals surface area contributed by atoms with Crippen LogP contribution in [0.4, 0.5) is 0 Å². The Bertz CT molecular complexity index is 436. The van der Waals surface area contributed by atoms with Crippen LogP contribution in [0.25, 0.3) is 0 Å². The first-order valence-corrected chi connectivity index (χ1v) is 7.31. The average molecular weight is 258 g/mol. The minimum atomic E-state index is -3.17. The average Bonchev–Trinajstić information content (AvgIpc) is 2.28. The highest BCUT2D eigenvalue weighted by molar-refractivity contribution is 7.90. The summed E-state index contributed by atoms with van der Waals surface area (Å²) in [6.07, 6.45) is 1.97. The quantitative estimate of drug-likeness (QED) is 0.786. The Morgan fingerprint density at radius 2 is 1.88 bits per heavy atom. The molecule has 0 radical (unpaired) electrons. The molecule has 96 valence electrons. The molecule has 1 N–H and O–H groups in total. The summed E-state index contributed by atoms with van der Waals surface area (Å²) in [4.78, 5) is 0.269. The van der Waals surface area contributed by atoms with Crippen molar-refractivity contribution in [3.05, 3.63) is 29.8 Å². The molecule has 0 saturated heterocycles. The summed E-state index contributed by atoms with van der Waals surface area (Å²) in [5, 5.41) is 9.84. The third kappa shape index (κ3) is 4.46. The highest BCUT2D eigenvalue weighted by Crippen LogP contribution is 2.20. The number of aliphatic hydroxyl groups excluding tert-OH is 1. The van der Waals surface area contributed by atoms with E-state index in [2.05, 4.69) is 0 Å². The molecule has 1 unspecified atom stereocenters. The van der Waals surface area contributed by atoms with E-state index in [1.54, 1.807) is 19.2 Å². The van der Waals surface area contributed by atoms with Crippen LogP contribution in [-0.4, -0.2) is 33.5 Å². The van der Waals surface area contributed by atoms with Gasteiger partial charge < -0.3 is 9.84 Å². The third-order valence-electron chi connectivity index (χ3n) is 2.52. The standard InChI is InChI=1S/C12H18O4S/c1-16-9-3-4-12(13)10-5-7-11(8-6-10)17(2,14)15/h5-8,12-13H,3-4,9H2,1-2H3. The third-order valence-corrected chi connectivity index (χ3v) is 3.65. The van der Waals surface area contributed by atoms with Gasteiger partial charge >= 0.3 is 0 Å². The number of hydrogen-bond donors (Lipinski definition) is 1. The van der Waals surface area contributed by atoms with Gasteiger partial charge in [-0.05, 0) is 30.5 Å². The lowest BCUT2D eigenvalue weighted by molar-refractivity contribution is 0.136. The largest absolute Gasteiger partial charge is 0.388 e. The minimum Gasteiger partial charge on any atom is -0.388 e. The van der Waals surface area contributed by atoms with Crippen LogP contribution in [0.3, 0.4) is 0 Å². The van der Waals surface area contributed by atoms with Crippen LogP contribution in [0.5, 0.6) is 0 Å². The second-order valence-corrected chi connectivity index (χ2v) is 6.01. The van der Waals surface area contributed by atoms with Crippen molar-refractivity contribution >= 4 is 9.84 Å². The molecular weight excluding hydrogens is 240 g/mol. The molecular formula is C12H18O4S. The Morgan fingerprint density at radius 1 is 1.29 bits per heavy atom. The predicted molar refractivity (Wildman–Crippen MR) is 65.6 cm³/mol. The van der Waals surface area contributed by atoms with Gasteiger partial charge in [0.2, 0.25) is 0 Å². The smallest absolute Gasteiger partial charge is 0.175 e. The highest BCUT2D eigenvalue weighted by atomic mass is 32.2. The van der Waals surface area contributed by atoms with Crippen molar-refractivity contribution in [2.45, 2.75) is 23.8 Å². The van der Waals surface area contributed by atoms with Gasteiger partial charge in [0.15, 0.2) is 9.84 Å². The number of aliphatic hydroxyl groups is 1. The van der Waals surface area contributed by atoms with Crippen molar-refractivity contribution < 1.29 is 18.3 Å². The fourth-order valence-corrected chi connectivity index (χ4v) is 2.16. The summed E-state index contributed by atoms with van der Waals surface area (Å²) in [5.74, 6) is 0. The first kappa shape index (κ1) is 14.2. The molecule has 0 fully saturated rings. The van der Waals surface area contributed by atoms with E-state index in [0.717, 1.165) is 18.2 Å². The van der Waals surface area contributed by atoms with Crippen molar-refractivity contribution in [1.29, 1.82) is 0 Å². The first-order valence-electron chi connectivity index (χ1n) is 5.42. The molecule has 5 heteroatoms. The molecule has 0 aromatic heterocycles. The van der Waals surface area contributed by atoms with Gasteiger partial charge in [-0.1, -0.05) is 12.1 Å². The summed E-state index contributed by atoms with van der Waals surface area (Å²) in [6, 6.07) is 6.33. The summed E-state index contributed by atoms with van der Waals surface area (Å²) in [6.45, 7) is 0.610. The second kappa shape index (κ2) is 6.14. The van der Waals surface area contributed by atoms with E-state index in [0.29, 0.717) is 13.0 Å². The molecule has 0 spiro atoms. The summed E-state index contributed by atoms with van der Waals surface area (Å²) in [7, 11) is -1.55. The Morgan fingerprint density at radius 3 is 2.35 bits per heavy atom. The van der Waals surface area contributed by atoms with E-state index in [1.165, 1.54) is 12.1 Å². The van der Waals surface area contributed by atoms with Gasteiger partial charge in [-0.15, -0.1) is 0 Å². The van der Waals surface area contributed by atoms with Crippen molar-refractivity contribution in [3.63, 3.8) is 0 Å². The zero-order chi connectivity index (χ0) is 12.9. The molecule has 1 aromatic rings. The minimum absolute atomic E-state index is 0.269. The Hall–Kier alpha value is -0.910. The molecule has 1 atom stereocenters. The molecule has 0 saturated carbocycles. The van der Waals surface area contributed by atoms with Crippen LogP contribution in [0.2, 0.25) is 0 Å². The van der Waals surface area contributed by atoms with Crippen molar-refractivity contribution in [3.8, 4) is 0 Å². The number of benzene rings is 1. The van der Waals surface area contributed by atoms with Gasteiger partial charge in [-0.25, -0.2) is 8.42 Å². The topological polar surface area (TPSA) is 63.6 Å². The Balaban J connectivity index is 2.67. The molecule has 0 aliphatic carbocycles. The normalized spacial score (nSPS) is 13.6. The molecule has 0 heterocycles. The number of sulfone groups is 1. The molecule has 17 heavy (non-hydrogen) atoms. The van der Waals surface area contributed by atoms with E-state index in [1.807, 2.05) is 0 Å². The molecule has 0 aliphatic heterocycles. The summed E-state index contributed by atoms with van der Waals surface area (Å²) in [5.41, 5.74) is 0.730.